The van der Waals surface area contributed by atoms with Crippen molar-refractivity contribution in [3.63, 3.8) is 0 Å². The second kappa shape index (κ2) is 8.25. The van der Waals surface area contributed by atoms with Gasteiger partial charge in [0.05, 0.1) is 0 Å². The first-order valence-electron chi connectivity index (χ1n) is 6.37. The zero-order valence-corrected chi connectivity index (χ0v) is 9.43. The molecule has 1 saturated carbocycles. The van der Waals surface area contributed by atoms with Gasteiger partial charge in [-0.1, -0.05) is 32.1 Å². The average molecular weight is 198 g/mol. The third-order valence-electron chi connectivity index (χ3n) is 2.89. The lowest BCUT2D eigenvalue weighted by Gasteiger charge is -2.02. The molecule has 84 valence electrons. The van der Waals surface area contributed by atoms with E-state index in [1.165, 1.54) is 64.3 Å². The van der Waals surface area contributed by atoms with Gasteiger partial charge in [-0.05, 0) is 38.8 Å². The van der Waals surface area contributed by atoms with Crippen LogP contribution < -0.4 is 11.1 Å². The van der Waals surface area contributed by atoms with Gasteiger partial charge in [-0.25, -0.2) is 0 Å². The molecule has 1 aliphatic rings. The van der Waals surface area contributed by atoms with E-state index in [1.807, 2.05) is 0 Å². The first-order valence-corrected chi connectivity index (χ1v) is 6.37. The minimum Gasteiger partial charge on any atom is -0.330 e. The van der Waals surface area contributed by atoms with Gasteiger partial charge in [0.1, 0.15) is 0 Å². The highest BCUT2D eigenvalue weighted by atomic mass is 14.9. The van der Waals surface area contributed by atoms with Crippen molar-refractivity contribution in [2.45, 2.75) is 63.8 Å². The number of hydrogen-bond donors (Lipinski definition) is 2. The van der Waals surface area contributed by atoms with Gasteiger partial charge in [0.2, 0.25) is 0 Å². The zero-order chi connectivity index (χ0) is 10.1. The maximum Gasteiger partial charge on any atom is 0.00682 e. The van der Waals surface area contributed by atoms with Crippen LogP contribution in [0.2, 0.25) is 0 Å². The molecule has 0 heterocycles. The number of unbranched alkanes of at least 4 members (excludes halogenated alkanes) is 6. The molecule has 0 aromatic carbocycles. The second-order valence-corrected chi connectivity index (χ2v) is 4.49. The van der Waals surface area contributed by atoms with Crippen LogP contribution in [0.1, 0.15) is 57.8 Å². The van der Waals surface area contributed by atoms with Gasteiger partial charge in [-0.15, -0.1) is 0 Å². The van der Waals surface area contributed by atoms with E-state index in [2.05, 4.69) is 5.32 Å². The summed E-state index contributed by atoms with van der Waals surface area (Å²) in [7, 11) is 0. The molecule has 0 unspecified atom stereocenters. The van der Waals surface area contributed by atoms with Crippen molar-refractivity contribution in [3.8, 4) is 0 Å². The predicted octanol–water partition coefficient (Wildman–Crippen LogP) is 2.43. The molecule has 0 atom stereocenters. The highest BCUT2D eigenvalue weighted by Gasteiger charge is 2.19. The monoisotopic (exact) mass is 198 g/mol. The molecule has 0 aromatic heterocycles. The molecule has 2 nitrogen and oxygen atoms in total. The second-order valence-electron chi connectivity index (χ2n) is 4.49. The van der Waals surface area contributed by atoms with Crippen LogP contribution in [-0.4, -0.2) is 19.1 Å². The molecule has 0 aliphatic heterocycles. The van der Waals surface area contributed by atoms with E-state index in [0.717, 1.165) is 12.6 Å². The summed E-state index contributed by atoms with van der Waals surface area (Å²) in [6.45, 7) is 2.11. The molecule has 1 fully saturated rings. The predicted molar refractivity (Wildman–Crippen MR) is 62.4 cm³/mol. The van der Waals surface area contributed by atoms with Crippen molar-refractivity contribution in [1.82, 2.24) is 5.32 Å². The van der Waals surface area contributed by atoms with Gasteiger partial charge in [0.15, 0.2) is 0 Å². The van der Waals surface area contributed by atoms with Crippen LogP contribution in [0.25, 0.3) is 0 Å². The Morgan fingerprint density at radius 1 is 0.857 bits per heavy atom. The van der Waals surface area contributed by atoms with Crippen LogP contribution in [0.3, 0.4) is 0 Å². The van der Waals surface area contributed by atoms with Crippen molar-refractivity contribution in [1.29, 1.82) is 0 Å². The normalized spacial score (nSPS) is 16.1. The van der Waals surface area contributed by atoms with Crippen LogP contribution in [0.4, 0.5) is 0 Å². The van der Waals surface area contributed by atoms with Gasteiger partial charge in [0, 0.05) is 6.04 Å². The van der Waals surface area contributed by atoms with E-state index in [4.69, 9.17) is 5.73 Å². The summed E-state index contributed by atoms with van der Waals surface area (Å²) in [5.41, 5.74) is 5.43. The van der Waals surface area contributed by atoms with E-state index >= 15 is 0 Å². The molecule has 0 aromatic rings. The molecule has 2 heteroatoms. The maximum atomic E-state index is 5.43. The zero-order valence-electron chi connectivity index (χ0n) is 9.43. The molecular weight excluding hydrogens is 172 g/mol. The van der Waals surface area contributed by atoms with E-state index in [0.29, 0.717) is 0 Å². The lowest BCUT2D eigenvalue weighted by atomic mass is 10.1. The van der Waals surface area contributed by atoms with Crippen LogP contribution in [0.5, 0.6) is 0 Å². The minimum absolute atomic E-state index is 0.866. The topological polar surface area (TPSA) is 38.0 Å². The van der Waals surface area contributed by atoms with Gasteiger partial charge in [0.25, 0.3) is 0 Å². The van der Waals surface area contributed by atoms with Crippen molar-refractivity contribution < 1.29 is 0 Å². The lowest BCUT2D eigenvalue weighted by molar-refractivity contribution is 0.558. The summed E-state index contributed by atoms with van der Waals surface area (Å²) in [4.78, 5) is 0. The third kappa shape index (κ3) is 7.34. The van der Waals surface area contributed by atoms with Gasteiger partial charge in [-0.2, -0.15) is 0 Å². The standard InChI is InChI=1S/C12H26N2/c13-10-6-4-2-1-3-5-7-11-14-12-8-9-12/h12,14H,1-11,13H2. The van der Waals surface area contributed by atoms with Gasteiger partial charge in [-0.3, -0.25) is 0 Å². The molecule has 0 amide bonds. The van der Waals surface area contributed by atoms with Crippen molar-refractivity contribution in [3.05, 3.63) is 0 Å². The molecule has 0 saturated heterocycles. The van der Waals surface area contributed by atoms with Crippen LogP contribution >= 0.6 is 0 Å². The van der Waals surface area contributed by atoms with Gasteiger partial charge < -0.3 is 11.1 Å². The fourth-order valence-corrected chi connectivity index (χ4v) is 1.75. The number of hydrogen-bond acceptors (Lipinski definition) is 2. The maximum absolute atomic E-state index is 5.43. The minimum atomic E-state index is 0.866. The molecule has 14 heavy (non-hydrogen) atoms. The summed E-state index contributed by atoms with van der Waals surface area (Å²) in [6.07, 6.45) is 12.3. The molecule has 0 spiro atoms. The van der Waals surface area contributed by atoms with Crippen LogP contribution in [-0.2, 0) is 0 Å². The van der Waals surface area contributed by atoms with Crippen LogP contribution in [0.15, 0.2) is 0 Å². The summed E-state index contributed by atoms with van der Waals surface area (Å²) < 4.78 is 0. The molecule has 0 radical (unpaired) electrons. The smallest absolute Gasteiger partial charge is 0.00682 e. The quantitative estimate of drug-likeness (QED) is 0.529. The van der Waals surface area contributed by atoms with Gasteiger partial charge >= 0.3 is 0 Å². The Morgan fingerprint density at radius 3 is 2.00 bits per heavy atom. The molecule has 3 N–H and O–H groups in total. The highest BCUT2D eigenvalue weighted by Crippen LogP contribution is 2.18. The molecular formula is C12H26N2. The Bertz CT molecular complexity index is 121. The first-order chi connectivity index (χ1) is 6.93. The van der Waals surface area contributed by atoms with Crippen LogP contribution in [0, 0.1) is 0 Å². The fourth-order valence-electron chi connectivity index (χ4n) is 1.75. The Hall–Kier alpha value is -0.0800. The molecule has 1 rings (SSSR count). The summed E-state index contributed by atoms with van der Waals surface area (Å²) in [6, 6.07) is 0.888. The van der Waals surface area contributed by atoms with E-state index in [9.17, 15) is 0 Å². The molecule has 1 aliphatic carbocycles. The first kappa shape index (κ1) is 12.0. The lowest BCUT2D eigenvalue weighted by Crippen LogP contribution is -2.17. The summed E-state index contributed by atoms with van der Waals surface area (Å²) in [5.74, 6) is 0. The van der Waals surface area contributed by atoms with Crippen molar-refractivity contribution in [2.75, 3.05) is 13.1 Å². The van der Waals surface area contributed by atoms with E-state index in [1.54, 1.807) is 0 Å². The SMILES string of the molecule is NCCCCCCCCCNC1CC1. The Balaban J connectivity index is 1.63. The average Bonchev–Trinajstić information content (AvgIpc) is 2.99. The third-order valence-corrected chi connectivity index (χ3v) is 2.89. The highest BCUT2D eigenvalue weighted by molar-refractivity contribution is 4.80. The fraction of sp³-hybridized carbons (Fsp3) is 1.00. The summed E-state index contributed by atoms with van der Waals surface area (Å²) in [5, 5.41) is 3.55. The molecule has 0 bridgehead atoms. The van der Waals surface area contributed by atoms with E-state index < -0.39 is 0 Å². The Kier molecular flexibility index (Phi) is 7.06. The number of rotatable bonds is 10. The van der Waals surface area contributed by atoms with E-state index in [-0.39, 0.29) is 0 Å². The summed E-state index contributed by atoms with van der Waals surface area (Å²) >= 11 is 0. The van der Waals surface area contributed by atoms with Crippen molar-refractivity contribution in [2.24, 2.45) is 5.73 Å². The number of nitrogens with one attached hydrogen (secondary N) is 1. The number of nitrogens with two attached hydrogens (primary N) is 1. The largest absolute Gasteiger partial charge is 0.330 e. The van der Waals surface area contributed by atoms with Crippen molar-refractivity contribution >= 4 is 0 Å². The Labute approximate surface area is 88.6 Å². The Morgan fingerprint density at radius 2 is 1.43 bits per heavy atom.